The number of rotatable bonds is 3. The molecular formula is C6H18CuN12. The third-order valence-corrected chi connectivity index (χ3v) is 1.22. The van der Waals surface area contributed by atoms with Gasteiger partial charge in [-0.2, -0.15) is 10.4 Å². The van der Waals surface area contributed by atoms with Gasteiger partial charge in [0.2, 0.25) is 11.6 Å². The summed E-state index contributed by atoms with van der Waals surface area (Å²) in [5, 5.41) is 25.7. The number of nitrogens with two attached hydrogens (primary N) is 4. The molecule has 2 heterocycles. The van der Waals surface area contributed by atoms with Crippen LogP contribution < -0.4 is 22.9 Å². The summed E-state index contributed by atoms with van der Waals surface area (Å²) in [7, 11) is 0. The van der Waals surface area contributed by atoms with Gasteiger partial charge >= 0.3 is 0 Å². The number of nitrogens with one attached hydrogen (secondary N) is 2. The van der Waals surface area contributed by atoms with Crippen LogP contribution in [0, 0.1) is 0 Å². The molecule has 0 atom stereocenters. The monoisotopic (exact) mass is 321 g/mol. The van der Waals surface area contributed by atoms with Gasteiger partial charge in [0.25, 0.3) is 0 Å². The molecule has 0 aliphatic rings. The van der Waals surface area contributed by atoms with E-state index in [2.05, 4.69) is 41.2 Å². The molecule has 1 radical (unpaired) electrons. The van der Waals surface area contributed by atoms with Crippen molar-refractivity contribution in [2.45, 2.75) is 0 Å². The Morgan fingerprint density at radius 1 is 0.684 bits per heavy atom. The molecule has 0 fully saturated rings. The Morgan fingerprint density at radius 3 is 1.16 bits per heavy atom. The van der Waals surface area contributed by atoms with E-state index < -0.39 is 0 Å². The first-order valence-electron chi connectivity index (χ1n) is 5.07. The van der Waals surface area contributed by atoms with Crippen molar-refractivity contribution in [2.24, 2.45) is 22.9 Å². The average molecular weight is 322 g/mol. The number of aromatic amines is 2. The van der Waals surface area contributed by atoms with Gasteiger partial charge in [-0.25, -0.2) is 0 Å². The van der Waals surface area contributed by atoms with Gasteiger partial charge < -0.3 is 22.9 Å². The summed E-state index contributed by atoms with van der Waals surface area (Å²) >= 11 is 0. The van der Waals surface area contributed by atoms with E-state index in [1.807, 2.05) is 0 Å². The molecule has 19 heavy (non-hydrogen) atoms. The van der Waals surface area contributed by atoms with E-state index in [9.17, 15) is 0 Å². The van der Waals surface area contributed by atoms with Crippen molar-refractivity contribution in [3.05, 3.63) is 0 Å². The molecule has 113 valence electrons. The maximum absolute atomic E-state index is 4.90. The van der Waals surface area contributed by atoms with Crippen LogP contribution in [0.5, 0.6) is 0 Å². The van der Waals surface area contributed by atoms with Crippen molar-refractivity contribution in [3.63, 3.8) is 0 Å². The van der Waals surface area contributed by atoms with Gasteiger partial charge in [-0.1, -0.05) is 0 Å². The molecule has 0 spiro atoms. The van der Waals surface area contributed by atoms with Gasteiger partial charge in [-0.05, 0) is 10.4 Å². The van der Waals surface area contributed by atoms with E-state index in [0.717, 1.165) is 0 Å². The summed E-state index contributed by atoms with van der Waals surface area (Å²) < 4.78 is 0. The predicted octanol–water partition coefficient (Wildman–Crippen LogP) is -3.82. The summed E-state index contributed by atoms with van der Waals surface area (Å²) in [6.45, 7) is 2.39. The molecule has 0 saturated carbocycles. The standard InChI is InChI=1S/C2H2N8.2C2H8N2.Cu/c3-1(4-8-7-3)2-5-9-10-6-2;2*3-1-2-4;/h(H,3,4,7,8)(H,5,6,9,10);2*1-4H2;. The number of H-pyrrole nitrogens is 2. The van der Waals surface area contributed by atoms with Crippen LogP contribution in [0.3, 0.4) is 0 Å². The second-order valence-electron chi connectivity index (χ2n) is 2.63. The Bertz CT molecular complexity index is 306. The van der Waals surface area contributed by atoms with Crippen molar-refractivity contribution in [3.8, 4) is 11.6 Å². The molecular weight excluding hydrogens is 304 g/mol. The predicted molar refractivity (Wildman–Crippen MR) is 63.6 cm³/mol. The van der Waals surface area contributed by atoms with Crippen LogP contribution in [0.2, 0.25) is 0 Å². The zero-order valence-corrected chi connectivity index (χ0v) is 11.1. The number of tetrazole rings is 2. The first-order chi connectivity index (χ1) is 8.79. The summed E-state index contributed by atoms with van der Waals surface area (Å²) in [6, 6.07) is 0. The SMILES string of the molecule is NCCN.NCCN.[Cu].n1nc(-c2nn[nH]n2)n[nH]1. The topological polar surface area (TPSA) is 213 Å². The van der Waals surface area contributed by atoms with Crippen LogP contribution in [0.25, 0.3) is 11.6 Å². The first-order valence-corrected chi connectivity index (χ1v) is 5.07. The van der Waals surface area contributed by atoms with Crippen molar-refractivity contribution >= 4 is 0 Å². The van der Waals surface area contributed by atoms with E-state index >= 15 is 0 Å². The van der Waals surface area contributed by atoms with Gasteiger partial charge in [-0.15, -0.1) is 20.4 Å². The van der Waals surface area contributed by atoms with Crippen molar-refractivity contribution in [1.29, 1.82) is 0 Å². The minimum Gasteiger partial charge on any atom is -0.329 e. The van der Waals surface area contributed by atoms with Gasteiger partial charge in [0.05, 0.1) is 0 Å². The quantitative estimate of drug-likeness (QED) is 0.303. The van der Waals surface area contributed by atoms with Crippen LogP contribution in [0.15, 0.2) is 0 Å². The minimum absolute atomic E-state index is 0. The van der Waals surface area contributed by atoms with E-state index in [1.54, 1.807) is 0 Å². The van der Waals surface area contributed by atoms with Crippen LogP contribution in [-0.4, -0.2) is 67.4 Å². The Hall–Kier alpha value is -1.50. The largest absolute Gasteiger partial charge is 0.329 e. The summed E-state index contributed by atoms with van der Waals surface area (Å²) in [6.07, 6.45) is 0. The number of aromatic nitrogens is 8. The molecule has 0 unspecified atom stereocenters. The van der Waals surface area contributed by atoms with Crippen LogP contribution in [0.4, 0.5) is 0 Å². The van der Waals surface area contributed by atoms with Gasteiger partial charge in [0, 0.05) is 43.2 Å². The second kappa shape index (κ2) is 14.6. The zero-order chi connectivity index (χ0) is 13.6. The smallest absolute Gasteiger partial charge is 0.245 e. The second-order valence-corrected chi connectivity index (χ2v) is 2.63. The molecule has 0 saturated heterocycles. The minimum atomic E-state index is 0. The average Bonchev–Trinajstić information content (AvgIpc) is 3.10. The zero-order valence-electron chi connectivity index (χ0n) is 10.1. The molecule has 0 bridgehead atoms. The normalized spacial score (nSPS) is 8.42. The van der Waals surface area contributed by atoms with E-state index in [-0.39, 0.29) is 17.1 Å². The third-order valence-electron chi connectivity index (χ3n) is 1.22. The van der Waals surface area contributed by atoms with Gasteiger partial charge in [-0.3, -0.25) is 0 Å². The summed E-state index contributed by atoms with van der Waals surface area (Å²) in [4.78, 5) is 0. The molecule has 2 rings (SSSR count). The van der Waals surface area contributed by atoms with E-state index in [4.69, 9.17) is 22.9 Å². The maximum atomic E-state index is 4.90. The Morgan fingerprint density at radius 2 is 1.00 bits per heavy atom. The maximum Gasteiger partial charge on any atom is 0.245 e. The third kappa shape index (κ3) is 10.1. The van der Waals surface area contributed by atoms with E-state index in [0.29, 0.717) is 37.8 Å². The fourth-order valence-corrected chi connectivity index (χ4v) is 0.513. The molecule has 2 aromatic heterocycles. The number of hydrogen-bond acceptors (Lipinski definition) is 10. The van der Waals surface area contributed by atoms with E-state index in [1.165, 1.54) is 0 Å². The molecule has 10 N–H and O–H groups in total. The molecule has 2 aromatic rings. The summed E-state index contributed by atoms with van der Waals surface area (Å²) in [5.74, 6) is 0.655. The first kappa shape index (κ1) is 19.8. The molecule has 13 heteroatoms. The fourth-order valence-electron chi connectivity index (χ4n) is 0.513. The van der Waals surface area contributed by atoms with Crippen molar-refractivity contribution < 1.29 is 17.1 Å². The molecule has 0 aliphatic heterocycles. The number of hydrogen-bond donors (Lipinski definition) is 6. The Balaban J connectivity index is 0. The Labute approximate surface area is 119 Å². The molecule has 0 amide bonds. The van der Waals surface area contributed by atoms with Gasteiger partial charge in [0.15, 0.2) is 0 Å². The number of nitrogens with zero attached hydrogens (tertiary/aromatic N) is 6. The van der Waals surface area contributed by atoms with Crippen LogP contribution in [0.1, 0.15) is 0 Å². The van der Waals surface area contributed by atoms with Crippen LogP contribution in [-0.2, 0) is 17.1 Å². The molecule has 0 aliphatic carbocycles. The fraction of sp³-hybridized carbons (Fsp3) is 0.667. The van der Waals surface area contributed by atoms with Crippen molar-refractivity contribution in [2.75, 3.05) is 26.2 Å². The molecule has 12 nitrogen and oxygen atoms in total. The van der Waals surface area contributed by atoms with Crippen LogP contribution >= 0.6 is 0 Å². The molecule has 0 aromatic carbocycles. The summed E-state index contributed by atoms with van der Waals surface area (Å²) in [5.41, 5.74) is 19.6. The van der Waals surface area contributed by atoms with Crippen molar-refractivity contribution in [1.82, 2.24) is 41.2 Å². The Kier molecular flexibility index (Phi) is 15.2. The van der Waals surface area contributed by atoms with Gasteiger partial charge in [0.1, 0.15) is 0 Å².